The lowest BCUT2D eigenvalue weighted by Gasteiger charge is -2.20. The van der Waals surface area contributed by atoms with Gasteiger partial charge >= 0.3 is 5.97 Å². The predicted molar refractivity (Wildman–Crippen MR) is 120 cm³/mol. The standard InChI is InChI=1S/C22H18Cl3FN2O5/c23-8-7-18(20(30)12-1-4-15(26)5-2-12)33-22(32)14-10-19(29)28(11-14)27-21(31)13-3-6-16(24)17(25)9-13/h1-6,9,14,18H,7-8,10-11H2,(H,27,31)/t14-,18+/m0/s1. The minimum atomic E-state index is -1.18. The number of nitrogens with zero attached hydrogens (tertiary/aromatic N) is 1. The molecular formula is C22H18Cl3FN2O5. The highest BCUT2D eigenvalue weighted by Gasteiger charge is 2.38. The minimum absolute atomic E-state index is 0.0420. The van der Waals surface area contributed by atoms with Crippen molar-refractivity contribution in [1.82, 2.24) is 10.4 Å². The Hall–Kier alpha value is -2.68. The number of alkyl halides is 1. The van der Waals surface area contributed by atoms with E-state index >= 15 is 0 Å². The van der Waals surface area contributed by atoms with E-state index in [1.807, 2.05) is 0 Å². The van der Waals surface area contributed by atoms with Crippen molar-refractivity contribution >= 4 is 58.4 Å². The number of hydrogen-bond acceptors (Lipinski definition) is 5. The highest BCUT2D eigenvalue weighted by molar-refractivity contribution is 6.42. The van der Waals surface area contributed by atoms with Gasteiger partial charge in [0.2, 0.25) is 11.7 Å². The molecule has 1 fully saturated rings. The fourth-order valence-corrected chi connectivity index (χ4v) is 3.67. The second-order valence-electron chi connectivity index (χ2n) is 7.25. The maximum Gasteiger partial charge on any atom is 0.312 e. The summed E-state index contributed by atoms with van der Waals surface area (Å²) in [7, 11) is 0. The Balaban J connectivity index is 1.63. The van der Waals surface area contributed by atoms with Crippen LogP contribution in [0.3, 0.4) is 0 Å². The van der Waals surface area contributed by atoms with Crippen LogP contribution in [0.5, 0.6) is 0 Å². The Morgan fingerprint density at radius 3 is 2.39 bits per heavy atom. The number of esters is 1. The van der Waals surface area contributed by atoms with E-state index in [0.717, 1.165) is 17.1 Å². The summed E-state index contributed by atoms with van der Waals surface area (Å²) in [6.45, 7) is -0.136. The zero-order valence-corrected chi connectivity index (χ0v) is 19.3. The van der Waals surface area contributed by atoms with Crippen LogP contribution in [0.4, 0.5) is 4.39 Å². The van der Waals surface area contributed by atoms with E-state index < -0.39 is 41.4 Å². The molecule has 0 radical (unpaired) electrons. The van der Waals surface area contributed by atoms with Gasteiger partial charge in [-0.1, -0.05) is 23.2 Å². The van der Waals surface area contributed by atoms with Crippen molar-refractivity contribution in [2.75, 3.05) is 12.4 Å². The number of nitrogens with one attached hydrogen (secondary N) is 1. The van der Waals surface area contributed by atoms with E-state index in [1.54, 1.807) is 0 Å². The first-order valence-corrected chi connectivity index (χ1v) is 11.1. The van der Waals surface area contributed by atoms with Crippen molar-refractivity contribution in [3.63, 3.8) is 0 Å². The predicted octanol–water partition coefficient (Wildman–Crippen LogP) is 4.05. The van der Waals surface area contributed by atoms with Crippen molar-refractivity contribution < 1.29 is 28.3 Å². The number of Topliss-reactive ketones (excluding diaryl/α,β-unsaturated/α-hetero) is 1. The second-order valence-corrected chi connectivity index (χ2v) is 8.44. The van der Waals surface area contributed by atoms with Crippen LogP contribution < -0.4 is 5.43 Å². The van der Waals surface area contributed by atoms with Gasteiger partial charge in [0.15, 0.2) is 6.10 Å². The number of ketones is 1. The van der Waals surface area contributed by atoms with E-state index in [9.17, 15) is 23.6 Å². The van der Waals surface area contributed by atoms with Crippen molar-refractivity contribution in [3.8, 4) is 0 Å². The van der Waals surface area contributed by atoms with Crippen molar-refractivity contribution in [1.29, 1.82) is 0 Å². The van der Waals surface area contributed by atoms with Gasteiger partial charge in [-0.25, -0.2) is 4.39 Å². The zero-order chi connectivity index (χ0) is 24.1. The van der Waals surface area contributed by atoms with Gasteiger partial charge in [0.05, 0.1) is 22.5 Å². The third-order valence-electron chi connectivity index (χ3n) is 4.93. The third-order valence-corrected chi connectivity index (χ3v) is 5.88. The molecule has 0 saturated carbocycles. The summed E-state index contributed by atoms with van der Waals surface area (Å²) >= 11 is 17.5. The van der Waals surface area contributed by atoms with Crippen LogP contribution in [-0.4, -0.2) is 47.1 Å². The van der Waals surface area contributed by atoms with Gasteiger partial charge in [0.1, 0.15) is 5.82 Å². The van der Waals surface area contributed by atoms with Crippen molar-refractivity contribution in [2.24, 2.45) is 5.92 Å². The lowest BCUT2D eigenvalue weighted by Crippen LogP contribution is -2.43. The Morgan fingerprint density at radius 1 is 1.09 bits per heavy atom. The summed E-state index contributed by atoms with van der Waals surface area (Å²) in [5.41, 5.74) is 2.76. The average molecular weight is 516 g/mol. The van der Waals surface area contributed by atoms with Crippen LogP contribution in [0, 0.1) is 11.7 Å². The van der Waals surface area contributed by atoms with Crippen LogP contribution in [0.25, 0.3) is 0 Å². The molecule has 1 N–H and O–H groups in total. The van der Waals surface area contributed by atoms with Crippen LogP contribution in [0.2, 0.25) is 10.0 Å². The van der Waals surface area contributed by atoms with Gasteiger partial charge in [-0.2, -0.15) is 0 Å². The van der Waals surface area contributed by atoms with Gasteiger partial charge < -0.3 is 4.74 Å². The first-order valence-electron chi connectivity index (χ1n) is 9.82. The van der Waals surface area contributed by atoms with E-state index in [0.29, 0.717) is 0 Å². The molecule has 2 aromatic rings. The molecule has 0 bridgehead atoms. The molecule has 3 rings (SSSR count). The average Bonchev–Trinajstić information content (AvgIpc) is 3.15. The maximum atomic E-state index is 13.1. The van der Waals surface area contributed by atoms with Gasteiger partial charge in [-0.05, 0) is 42.5 Å². The lowest BCUT2D eigenvalue weighted by atomic mass is 10.0. The molecule has 1 saturated heterocycles. The summed E-state index contributed by atoms with van der Waals surface area (Å²) in [5.74, 6) is -3.78. The SMILES string of the molecule is O=C(NN1C[C@@H](C(=O)O[C@H](CCCl)C(=O)c2ccc(F)cc2)CC1=O)c1ccc(Cl)c(Cl)c1. The molecule has 1 heterocycles. The first-order chi connectivity index (χ1) is 15.7. The molecule has 174 valence electrons. The molecule has 0 aliphatic carbocycles. The van der Waals surface area contributed by atoms with Crippen LogP contribution in [0.15, 0.2) is 42.5 Å². The number of benzene rings is 2. The smallest absolute Gasteiger partial charge is 0.312 e. The van der Waals surface area contributed by atoms with E-state index in [2.05, 4.69) is 5.43 Å². The molecule has 1 aliphatic rings. The van der Waals surface area contributed by atoms with Gasteiger partial charge in [-0.3, -0.25) is 29.6 Å². The molecule has 0 spiro atoms. The van der Waals surface area contributed by atoms with E-state index in [4.69, 9.17) is 39.5 Å². The summed E-state index contributed by atoms with van der Waals surface area (Å²) in [5, 5.41) is 1.46. The highest BCUT2D eigenvalue weighted by Crippen LogP contribution is 2.24. The summed E-state index contributed by atoms with van der Waals surface area (Å²) in [4.78, 5) is 50.0. The van der Waals surface area contributed by atoms with E-state index in [-0.39, 0.29) is 46.4 Å². The number of halogens is 4. The number of carbonyl (C=O) groups excluding carboxylic acids is 4. The van der Waals surface area contributed by atoms with Crippen molar-refractivity contribution in [2.45, 2.75) is 18.9 Å². The van der Waals surface area contributed by atoms with E-state index in [1.165, 1.54) is 30.3 Å². The Kier molecular flexibility index (Phi) is 8.29. The molecule has 2 atom stereocenters. The largest absolute Gasteiger partial charge is 0.454 e. The van der Waals surface area contributed by atoms with Gasteiger partial charge in [-0.15, -0.1) is 11.6 Å². The molecule has 0 aromatic heterocycles. The summed E-state index contributed by atoms with van der Waals surface area (Å²) < 4.78 is 18.5. The topological polar surface area (TPSA) is 92.8 Å². The number of amides is 2. The fourth-order valence-electron chi connectivity index (χ4n) is 3.18. The molecule has 1 aliphatic heterocycles. The number of ether oxygens (including phenoxy) is 1. The second kappa shape index (κ2) is 11.0. The normalized spacial score (nSPS) is 16.4. The summed E-state index contributed by atoms with van der Waals surface area (Å²) in [6.07, 6.45) is -1.35. The van der Waals surface area contributed by atoms with Crippen LogP contribution >= 0.6 is 34.8 Å². The zero-order valence-electron chi connectivity index (χ0n) is 17.0. The number of hydrogen-bond donors (Lipinski definition) is 1. The molecule has 11 heteroatoms. The molecule has 2 amide bonds. The van der Waals surface area contributed by atoms with Crippen LogP contribution in [0.1, 0.15) is 33.6 Å². The molecular weight excluding hydrogens is 498 g/mol. The highest BCUT2D eigenvalue weighted by atomic mass is 35.5. The molecule has 33 heavy (non-hydrogen) atoms. The maximum absolute atomic E-state index is 13.1. The Bertz CT molecular complexity index is 1080. The number of rotatable bonds is 8. The van der Waals surface area contributed by atoms with Gasteiger partial charge in [0.25, 0.3) is 5.91 Å². The molecule has 0 unspecified atom stereocenters. The summed E-state index contributed by atoms with van der Waals surface area (Å²) in [6, 6.07) is 9.04. The quantitative estimate of drug-likeness (QED) is 0.325. The fraction of sp³-hybridized carbons (Fsp3) is 0.273. The number of carbonyl (C=O) groups is 4. The third kappa shape index (κ3) is 6.22. The molecule has 2 aromatic carbocycles. The Morgan fingerprint density at radius 2 is 1.76 bits per heavy atom. The van der Waals surface area contributed by atoms with Crippen LogP contribution in [-0.2, 0) is 14.3 Å². The van der Waals surface area contributed by atoms with Gasteiger partial charge in [0, 0.05) is 29.8 Å². The number of hydrazine groups is 1. The first kappa shape index (κ1) is 25.0. The molecule has 7 nitrogen and oxygen atoms in total. The lowest BCUT2D eigenvalue weighted by molar-refractivity contribution is -0.151. The monoisotopic (exact) mass is 514 g/mol. The minimum Gasteiger partial charge on any atom is -0.454 e. The Labute approximate surface area is 203 Å². The van der Waals surface area contributed by atoms with Crippen molar-refractivity contribution in [3.05, 3.63) is 69.5 Å².